The summed E-state index contributed by atoms with van der Waals surface area (Å²) < 4.78 is 0.903. The average Bonchev–Trinajstić information content (AvgIpc) is 2.97. The van der Waals surface area contributed by atoms with Crippen molar-refractivity contribution < 1.29 is 9.59 Å². The first-order valence-electron chi connectivity index (χ1n) is 8.02. The van der Waals surface area contributed by atoms with E-state index in [2.05, 4.69) is 28.2 Å². The Kier molecular flexibility index (Phi) is 5.00. The maximum Gasteiger partial charge on any atom is 0.229 e. The third-order valence-electron chi connectivity index (χ3n) is 4.24. The molecule has 1 atom stereocenters. The summed E-state index contributed by atoms with van der Waals surface area (Å²) >= 11 is 3.38. The minimum Gasteiger partial charge on any atom is -0.326 e. The summed E-state index contributed by atoms with van der Waals surface area (Å²) in [6, 6.07) is 15.4. The highest BCUT2D eigenvalue weighted by molar-refractivity contribution is 9.10. The maximum atomic E-state index is 12.4. The molecule has 0 radical (unpaired) electrons. The van der Waals surface area contributed by atoms with E-state index in [1.54, 1.807) is 4.90 Å². The molecule has 1 aliphatic heterocycles. The molecule has 1 aliphatic rings. The van der Waals surface area contributed by atoms with Crippen molar-refractivity contribution in [1.29, 1.82) is 0 Å². The molecule has 4 nitrogen and oxygen atoms in total. The van der Waals surface area contributed by atoms with E-state index >= 15 is 0 Å². The fourth-order valence-electron chi connectivity index (χ4n) is 2.85. The van der Waals surface area contributed by atoms with Crippen LogP contribution >= 0.6 is 15.9 Å². The molecule has 3 rings (SSSR count). The highest BCUT2D eigenvalue weighted by Gasteiger charge is 2.35. The van der Waals surface area contributed by atoms with Gasteiger partial charge in [-0.1, -0.05) is 41.1 Å². The van der Waals surface area contributed by atoms with Crippen molar-refractivity contribution in [2.45, 2.75) is 19.8 Å². The van der Waals surface area contributed by atoms with E-state index in [1.807, 2.05) is 48.5 Å². The van der Waals surface area contributed by atoms with Crippen molar-refractivity contribution in [1.82, 2.24) is 0 Å². The normalized spacial score (nSPS) is 17.2. The summed E-state index contributed by atoms with van der Waals surface area (Å²) in [6.45, 7) is 2.52. The summed E-state index contributed by atoms with van der Waals surface area (Å²) in [5.74, 6) is -0.454. The zero-order chi connectivity index (χ0) is 17.1. The molecule has 24 heavy (non-hydrogen) atoms. The van der Waals surface area contributed by atoms with E-state index in [0.29, 0.717) is 6.54 Å². The zero-order valence-electron chi connectivity index (χ0n) is 13.5. The molecule has 0 spiro atoms. The van der Waals surface area contributed by atoms with Crippen molar-refractivity contribution in [3.63, 3.8) is 0 Å². The second kappa shape index (κ2) is 7.18. The van der Waals surface area contributed by atoms with Gasteiger partial charge in [-0.15, -0.1) is 0 Å². The van der Waals surface area contributed by atoms with Crippen LogP contribution in [0.2, 0.25) is 0 Å². The van der Waals surface area contributed by atoms with Crippen LogP contribution in [0.4, 0.5) is 11.4 Å². The van der Waals surface area contributed by atoms with E-state index in [4.69, 9.17) is 0 Å². The van der Waals surface area contributed by atoms with Gasteiger partial charge in [-0.05, 0) is 42.3 Å². The molecular formula is C19H19BrN2O2. The number of nitrogens with zero attached hydrogens (tertiary/aromatic N) is 1. The van der Waals surface area contributed by atoms with Crippen molar-refractivity contribution in [3.05, 3.63) is 58.6 Å². The Morgan fingerprint density at radius 1 is 1.25 bits per heavy atom. The first-order valence-corrected chi connectivity index (χ1v) is 8.82. The number of nitrogens with one attached hydrogen (secondary N) is 1. The maximum absolute atomic E-state index is 12.4. The Hall–Kier alpha value is -2.14. The molecule has 2 aromatic carbocycles. The standard InChI is InChI=1S/C19H19BrN2O2/c1-2-13-6-8-17(9-7-13)22-12-14(10-18(22)23)19(24)21-16-5-3-4-15(20)11-16/h3-9,11,14H,2,10,12H2,1H3,(H,21,24)/t14-/m0/s1. The van der Waals surface area contributed by atoms with Gasteiger partial charge in [0.15, 0.2) is 0 Å². The van der Waals surface area contributed by atoms with Gasteiger partial charge in [0.25, 0.3) is 0 Å². The van der Waals surface area contributed by atoms with Gasteiger partial charge in [-0.25, -0.2) is 0 Å². The van der Waals surface area contributed by atoms with Gasteiger partial charge < -0.3 is 10.2 Å². The predicted molar refractivity (Wildman–Crippen MR) is 99.1 cm³/mol. The van der Waals surface area contributed by atoms with Crippen LogP contribution in [-0.2, 0) is 16.0 Å². The first kappa shape index (κ1) is 16.7. The Balaban J connectivity index is 1.68. The lowest BCUT2D eigenvalue weighted by atomic mass is 10.1. The van der Waals surface area contributed by atoms with Crippen LogP contribution < -0.4 is 10.2 Å². The highest BCUT2D eigenvalue weighted by Crippen LogP contribution is 2.26. The summed E-state index contributed by atoms with van der Waals surface area (Å²) in [6.07, 6.45) is 1.21. The van der Waals surface area contributed by atoms with E-state index in [0.717, 1.165) is 22.3 Å². The second-order valence-electron chi connectivity index (χ2n) is 5.92. The third-order valence-corrected chi connectivity index (χ3v) is 4.74. The number of hydrogen-bond acceptors (Lipinski definition) is 2. The van der Waals surface area contributed by atoms with Crippen molar-refractivity contribution in [2.75, 3.05) is 16.8 Å². The van der Waals surface area contributed by atoms with E-state index in [1.165, 1.54) is 5.56 Å². The Morgan fingerprint density at radius 2 is 2.00 bits per heavy atom. The van der Waals surface area contributed by atoms with Crippen LogP contribution in [0.1, 0.15) is 18.9 Å². The van der Waals surface area contributed by atoms with Crippen LogP contribution in [0.15, 0.2) is 53.0 Å². The van der Waals surface area contributed by atoms with Gasteiger partial charge >= 0.3 is 0 Å². The van der Waals surface area contributed by atoms with Gasteiger partial charge in [0.05, 0.1) is 5.92 Å². The third kappa shape index (κ3) is 3.67. The Morgan fingerprint density at radius 3 is 2.67 bits per heavy atom. The predicted octanol–water partition coefficient (Wildman–Crippen LogP) is 4.00. The summed E-state index contributed by atoms with van der Waals surface area (Å²) in [5.41, 5.74) is 2.82. The number of rotatable bonds is 4. The van der Waals surface area contributed by atoms with E-state index in [9.17, 15) is 9.59 Å². The number of aryl methyl sites for hydroxylation is 1. The molecule has 5 heteroatoms. The average molecular weight is 387 g/mol. The van der Waals surface area contributed by atoms with Crippen LogP contribution in [0, 0.1) is 5.92 Å². The lowest BCUT2D eigenvalue weighted by molar-refractivity contribution is -0.122. The van der Waals surface area contributed by atoms with Crippen LogP contribution in [-0.4, -0.2) is 18.4 Å². The molecule has 1 N–H and O–H groups in total. The van der Waals surface area contributed by atoms with Gasteiger partial charge in [-0.3, -0.25) is 9.59 Å². The molecule has 2 aromatic rings. The minimum atomic E-state index is -0.331. The van der Waals surface area contributed by atoms with Gasteiger partial charge in [0.1, 0.15) is 0 Å². The summed E-state index contributed by atoms with van der Waals surface area (Å²) in [7, 11) is 0. The summed E-state index contributed by atoms with van der Waals surface area (Å²) in [5, 5.41) is 2.89. The number of halogens is 1. The van der Waals surface area contributed by atoms with Crippen LogP contribution in [0.3, 0.4) is 0 Å². The largest absolute Gasteiger partial charge is 0.326 e. The Labute approximate surface area is 150 Å². The molecule has 1 saturated heterocycles. The smallest absolute Gasteiger partial charge is 0.229 e. The second-order valence-corrected chi connectivity index (χ2v) is 6.84. The molecule has 0 unspecified atom stereocenters. The molecule has 1 fully saturated rings. The van der Waals surface area contributed by atoms with Crippen LogP contribution in [0.25, 0.3) is 0 Å². The number of benzene rings is 2. The molecule has 124 valence electrons. The number of anilines is 2. The van der Waals surface area contributed by atoms with Gasteiger partial charge in [0.2, 0.25) is 11.8 Å². The quantitative estimate of drug-likeness (QED) is 0.862. The van der Waals surface area contributed by atoms with Gasteiger partial charge in [-0.2, -0.15) is 0 Å². The first-order chi connectivity index (χ1) is 11.6. The fourth-order valence-corrected chi connectivity index (χ4v) is 3.25. The molecular weight excluding hydrogens is 368 g/mol. The topological polar surface area (TPSA) is 49.4 Å². The summed E-state index contributed by atoms with van der Waals surface area (Å²) in [4.78, 5) is 26.4. The lowest BCUT2D eigenvalue weighted by Crippen LogP contribution is -2.28. The molecule has 0 saturated carbocycles. The highest BCUT2D eigenvalue weighted by atomic mass is 79.9. The molecule has 0 aromatic heterocycles. The number of carbonyl (C=O) groups is 2. The monoisotopic (exact) mass is 386 g/mol. The molecule has 1 heterocycles. The molecule has 0 aliphatic carbocycles. The van der Waals surface area contributed by atoms with E-state index in [-0.39, 0.29) is 24.2 Å². The SMILES string of the molecule is CCc1ccc(N2C[C@@H](C(=O)Nc3cccc(Br)c3)CC2=O)cc1. The van der Waals surface area contributed by atoms with Gasteiger partial charge in [0, 0.05) is 28.8 Å². The number of hydrogen-bond donors (Lipinski definition) is 1. The van der Waals surface area contributed by atoms with Crippen LogP contribution in [0.5, 0.6) is 0 Å². The molecule has 2 amide bonds. The fraction of sp³-hybridized carbons (Fsp3) is 0.263. The Bertz CT molecular complexity index is 758. The van der Waals surface area contributed by atoms with Crippen molar-refractivity contribution in [3.8, 4) is 0 Å². The van der Waals surface area contributed by atoms with Crippen molar-refractivity contribution in [2.24, 2.45) is 5.92 Å². The van der Waals surface area contributed by atoms with Crippen molar-refractivity contribution >= 4 is 39.1 Å². The number of carbonyl (C=O) groups excluding carboxylic acids is 2. The lowest BCUT2D eigenvalue weighted by Gasteiger charge is -2.17. The molecule has 0 bridgehead atoms. The zero-order valence-corrected chi connectivity index (χ0v) is 15.0. The minimum absolute atomic E-state index is 0.00589. The number of amides is 2. The van der Waals surface area contributed by atoms with E-state index < -0.39 is 0 Å².